The Morgan fingerprint density at radius 2 is 1.73 bits per heavy atom. The van der Waals surface area contributed by atoms with Crippen LogP contribution in [0.4, 0.5) is 0 Å². The molecular formula is C12H26N2S. The zero-order chi connectivity index (χ0) is 11.7. The first-order valence-electron chi connectivity index (χ1n) is 6.09. The lowest BCUT2D eigenvalue weighted by Gasteiger charge is -2.23. The summed E-state index contributed by atoms with van der Waals surface area (Å²) in [6.45, 7) is 5.42. The van der Waals surface area contributed by atoms with E-state index in [9.17, 15) is 0 Å². The second-order valence-corrected chi connectivity index (χ2v) is 4.80. The van der Waals surface area contributed by atoms with Gasteiger partial charge in [0.2, 0.25) is 0 Å². The smallest absolute Gasteiger partial charge is 0.0899 e. The highest BCUT2D eigenvalue weighted by atomic mass is 32.1. The van der Waals surface area contributed by atoms with Crippen molar-refractivity contribution in [1.29, 1.82) is 0 Å². The van der Waals surface area contributed by atoms with Crippen LogP contribution in [0.1, 0.15) is 52.4 Å². The van der Waals surface area contributed by atoms with E-state index < -0.39 is 0 Å². The minimum Gasteiger partial charge on any atom is -0.392 e. The molecule has 0 saturated carbocycles. The molecule has 0 aromatic heterocycles. The third-order valence-corrected chi connectivity index (χ3v) is 3.28. The average Bonchev–Trinajstić information content (AvgIpc) is 2.21. The van der Waals surface area contributed by atoms with E-state index >= 15 is 0 Å². The molecule has 1 unspecified atom stereocenters. The molecule has 0 aliphatic heterocycles. The summed E-state index contributed by atoms with van der Waals surface area (Å²) in [6, 6.07) is 0.232. The Bertz CT molecular complexity index is 171. The van der Waals surface area contributed by atoms with Crippen molar-refractivity contribution in [2.24, 2.45) is 5.73 Å². The molecule has 0 aromatic rings. The third kappa shape index (κ3) is 7.74. The molecule has 0 amide bonds. The van der Waals surface area contributed by atoms with Crippen molar-refractivity contribution >= 4 is 17.2 Å². The summed E-state index contributed by atoms with van der Waals surface area (Å²) in [7, 11) is 2.09. The fraction of sp³-hybridized carbons (Fsp3) is 0.917. The molecule has 0 aliphatic rings. The van der Waals surface area contributed by atoms with Crippen LogP contribution in [0.15, 0.2) is 0 Å². The van der Waals surface area contributed by atoms with Crippen LogP contribution >= 0.6 is 12.2 Å². The summed E-state index contributed by atoms with van der Waals surface area (Å²) in [5.41, 5.74) is 5.60. The Morgan fingerprint density at radius 1 is 1.20 bits per heavy atom. The molecule has 2 nitrogen and oxygen atoms in total. The second kappa shape index (κ2) is 9.10. The van der Waals surface area contributed by atoms with Crippen molar-refractivity contribution in [1.82, 2.24) is 4.90 Å². The molecule has 0 radical (unpaired) electrons. The molecule has 0 saturated heterocycles. The van der Waals surface area contributed by atoms with Crippen molar-refractivity contribution in [3.8, 4) is 0 Å². The van der Waals surface area contributed by atoms with Crippen LogP contribution in [-0.2, 0) is 0 Å². The molecule has 0 heterocycles. The standard InChI is InChI=1S/C12H26N2S/c1-4-5-6-7-8-9-10-14(3)11(2)12(13)15/h11H,4-10H2,1-3H3,(H2,13,15). The minimum atomic E-state index is 0.232. The SMILES string of the molecule is CCCCCCCCN(C)C(C)C(N)=S. The maximum atomic E-state index is 5.60. The number of unbranched alkanes of at least 4 members (excludes halogenated alkanes) is 5. The van der Waals surface area contributed by atoms with Crippen molar-refractivity contribution < 1.29 is 0 Å². The molecule has 2 N–H and O–H groups in total. The fourth-order valence-corrected chi connectivity index (χ4v) is 1.73. The second-order valence-electron chi connectivity index (χ2n) is 4.33. The molecule has 1 atom stereocenters. The summed E-state index contributed by atoms with van der Waals surface area (Å²) >= 11 is 4.97. The van der Waals surface area contributed by atoms with Gasteiger partial charge in [0, 0.05) is 0 Å². The van der Waals surface area contributed by atoms with Gasteiger partial charge in [-0.15, -0.1) is 0 Å². The van der Waals surface area contributed by atoms with E-state index in [2.05, 4.69) is 25.8 Å². The highest BCUT2D eigenvalue weighted by molar-refractivity contribution is 7.80. The van der Waals surface area contributed by atoms with E-state index in [0.717, 1.165) is 6.54 Å². The molecule has 90 valence electrons. The van der Waals surface area contributed by atoms with Crippen LogP contribution in [0.3, 0.4) is 0 Å². The minimum absolute atomic E-state index is 0.232. The van der Waals surface area contributed by atoms with Crippen molar-refractivity contribution in [2.45, 2.75) is 58.4 Å². The van der Waals surface area contributed by atoms with E-state index in [1.165, 1.54) is 38.5 Å². The Hall–Kier alpha value is -0.150. The van der Waals surface area contributed by atoms with E-state index in [4.69, 9.17) is 18.0 Å². The number of nitrogens with zero attached hydrogens (tertiary/aromatic N) is 1. The number of nitrogens with two attached hydrogens (primary N) is 1. The predicted octanol–water partition coefficient (Wildman–Crippen LogP) is 2.95. The summed E-state index contributed by atoms with van der Waals surface area (Å²) in [4.78, 5) is 2.84. The normalized spacial score (nSPS) is 13.1. The molecule has 0 fully saturated rings. The Kier molecular flexibility index (Phi) is 9.01. The summed E-state index contributed by atoms with van der Waals surface area (Å²) in [5.74, 6) is 0. The first-order chi connectivity index (χ1) is 7.09. The summed E-state index contributed by atoms with van der Waals surface area (Å²) < 4.78 is 0. The molecule has 0 aromatic carbocycles. The number of rotatable bonds is 9. The molecule has 15 heavy (non-hydrogen) atoms. The zero-order valence-corrected chi connectivity index (χ0v) is 11.3. The Morgan fingerprint density at radius 3 is 2.27 bits per heavy atom. The Balaban J connectivity index is 3.38. The van der Waals surface area contributed by atoms with Crippen LogP contribution in [0.25, 0.3) is 0 Å². The molecule has 0 aliphatic carbocycles. The van der Waals surface area contributed by atoms with E-state index in [1.807, 2.05) is 0 Å². The van der Waals surface area contributed by atoms with Gasteiger partial charge in [-0.3, -0.25) is 4.90 Å². The lowest BCUT2D eigenvalue weighted by molar-refractivity contribution is 0.303. The average molecular weight is 230 g/mol. The molecule has 0 rings (SSSR count). The molecular weight excluding hydrogens is 204 g/mol. The predicted molar refractivity (Wildman–Crippen MR) is 72.3 cm³/mol. The van der Waals surface area contributed by atoms with Crippen LogP contribution in [0.2, 0.25) is 0 Å². The van der Waals surface area contributed by atoms with Gasteiger partial charge in [0.05, 0.1) is 11.0 Å². The fourth-order valence-electron chi connectivity index (χ4n) is 1.55. The molecule has 0 bridgehead atoms. The van der Waals surface area contributed by atoms with Gasteiger partial charge in [-0.1, -0.05) is 51.2 Å². The van der Waals surface area contributed by atoms with Crippen LogP contribution in [0, 0.1) is 0 Å². The summed E-state index contributed by atoms with van der Waals surface area (Å²) in [5, 5.41) is 0. The van der Waals surface area contributed by atoms with Gasteiger partial charge in [-0.05, 0) is 26.9 Å². The highest BCUT2D eigenvalue weighted by Crippen LogP contribution is 2.06. The van der Waals surface area contributed by atoms with Gasteiger partial charge < -0.3 is 5.73 Å². The van der Waals surface area contributed by atoms with Crippen molar-refractivity contribution in [3.05, 3.63) is 0 Å². The molecule has 3 heteroatoms. The highest BCUT2D eigenvalue weighted by Gasteiger charge is 2.10. The topological polar surface area (TPSA) is 29.3 Å². The van der Waals surface area contributed by atoms with E-state index in [0.29, 0.717) is 4.99 Å². The first kappa shape index (κ1) is 14.8. The van der Waals surface area contributed by atoms with E-state index in [1.54, 1.807) is 0 Å². The zero-order valence-electron chi connectivity index (χ0n) is 10.5. The van der Waals surface area contributed by atoms with Gasteiger partial charge in [0.25, 0.3) is 0 Å². The van der Waals surface area contributed by atoms with Crippen molar-refractivity contribution in [2.75, 3.05) is 13.6 Å². The van der Waals surface area contributed by atoms with Crippen LogP contribution in [0.5, 0.6) is 0 Å². The maximum absolute atomic E-state index is 5.60. The van der Waals surface area contributed by atoms with Gasteiger partial charge >= 0.3 is 0 Å². The first-order valence-corrected chi connectivity index (χ1v) is 6.50. The van der Waals surface area contributed by atoms with Gasteiger partial charge in [0.1, 0.15) is 0 Å². The number of hydrogen-bond acceptors (Lipinski definition) is 2. The van der Waals surface area contributed by atoms with Gasteiger partial charge in [-0.2, -0.15) is 0 Å². The number of likely N-dealkylation sites (N-methyl/N-ethyl adjacent to an activating group) is 1. The monoisotopic (exact) mass is 230 g/mol. The van der Waals surface area contributed by atoms with Crippen LogP contribution < -0.4 is 5.73 Å². The van der Waals surface area contributed by atoms with Crippen LogP contribution in [-0.4, -0.2) is 29.5 Å². The molecule has 0 spiro atoms. The third-order valence-electron chi connectivity index (χ3n) is 2.94. The van der Waals surface area contributed by atoms with Gasteiger partial charge in [-0.25, -0.2) is 0 Å². The van der Waals surface area contributed by atoms with Gasteiger partial charge in [0.15, 0.2) is 0 Å². The lowest BCUT2D eigenvalue weighted by atomic mass is 10.1. The summed E-state index contributed by atoms with van der Waals surface area (Å²) in [6.07, 6.45) is 8.02. The number of thiocarbonyl (C=S) groups is 1. The quantitative estimate of drug-likeness (QED) is 0.488. The number of hydrogen-bond donors (Lipinski definition) is 1. The maximum Gasteiger partial charge on any atom is 0.0899 e. The van der Waals surface area contributed by atoms with Crippen molar-refractivity contribution in [3.63, 3.8) is 0 Å². The largest absolute Gasteiger partial charge is 0.392 e. The van der Waals surface area contributed by atoms with E-state index in [-0.39, 0.29) is 6.04 Å². The lowest BCUT2D eigenvalue weighted by Crippen LogP contribution is -2.39. The Labute approximate surface area is 100 Å².